The maximum atomic E-state index is 6.15. The van der Waals surface area contributed by atoms with Crippen LogP contribution in [0.15, 0.2) is 48.5 Å². The van der Waals surface area contributed by atoms with Crippen LogP contribution in [0.4, 0.5) is 5.95 Å². The van der Waals surface area contributed by atoms with E-state index in [0.717, 1.165) is 22.3 Å². The van der Waals surface area contributed by atoms with Crippen molar-refractivity contribution < 1.29 is 4.74 Å². The molecule has 0 radical (unpaired) electrons. The minimum Gasteiger partial charge on any atom is -0.487 e. The maximum absolute atomic E-state index is 6.15. The molecular formula is C19H21N3O. The van der Waals surface area contributed by atoms with Gasteiger partial charge in [0.25, 0.3) is 0 Å². The molecule has 4 nitrogen and oxygen atoms in total. The molecule has 2 N–H and O–H groups in total. The Kier molecular flexibility index (Phi) is 3.90. The Hall–Kier alpha value is -2.62. The molecule has 0 atom stereocenters. The molecule has 0 aliphatic rings. The third-order valence-corrected chi connectivity index (χ3v) is 3.71. The maximum Gasteiger partial charge on any atom is 0.220 e. The Bertz CT molecular complexity index is 826. The van der Waals surface area contributed by atoms with Gasteiger partial charge in [-0.2, -0.15) is 0 Å². The fourth-order valence-electron chi connectivity index (χ4n) is 2.66. The van der Waals surface area contributed by atoms with E-state index in [-0.39, 0.29) is 0 Å². The fraction of sp³-hybridized carbons (Fsp3) is 0.263. The summed E-state index contributed by atoms with van der Waals surface area (Å²) in [6.45, 7) is 6.17. The number of aromatic nitrogens is 2. The molecule has 0 amide bonds. The molecule has 0 bridgehead atoms. The highest BCUT2D eigenvalue weighted by molar-refractivity contribution is 5.81. The Morgan fingerprint density at radius 2 is 1.70 bits per heavy atom. The predicted octanol–water partition coefficient (Wildman–Crippen LogP) is 3.92. The van der Waals surface area contributed by atoms with Gasteiger partial charge < -0.3 is 10.5 Å². The van der Waals surface area contributed by atoms with Crippen molar-refractivity contribution in [3.8, 4) is 5.75 Å². The summed E-state index contributed by atoms with van der Waals surface area (Å²) in [4.78, 5) is 8.71. The second-order valence-electron chi connectivity index (χ2n) is 6.40. The quantitative estimate of drug-likeness (QED) is 0.793. The highest BCUT2D eigenvalue weighted by atomic mass is 16.5. The van der Waals surface area contributed by atoms with Crippen molar-refractivity contribution in [3.63, 3.8) is 0 Å². The molecule has 0 aliphatic heterocycles. The number of benzene rings is 2. The largest absolute Gasteiger partial charge is 0.487 e. The molecule has 0 spiro atoms. The zero-order valence-corrected chi connectivity index (χ0v) is 13.7. The van der Waals surface area contributed by atoms with Crippen molar-refractivity contribution in [1.82, 2.24) is 9.97 Å². The number of nitrogen functional groups attached to an aromatic ring is 1. The summed E-state index contributed by atoms with van der Waals surface area (Å²) in [6.07, 6.45) is 0.647. The van der Waals surface area contributed by atoms with Gasteiger partial charge in [0.05, 0.1) is 11.2 Å². The third kappa shape index (κ3) is 3.59. The van der Waals surface area contributed by atoms with Gasteiger partial charge in [-0.15, -0.1) is 0 Å². The van der Waals surface area contributed by atoms with Crippen LogP contribution in [0.5, 0.6) is 5.75 Å². The van der Waals surface area contributed by atoms with Crippen LogP contribution < -0.4 is 10.5 Å². The molecule has 0 aliphatic carbocycles. The van der Waals surface area contributed by atoms with E-state index in [4.69, 9.17) is 10.5 Å². The normalized spacial score (nSPS) is 11.6. The lowest BCUT2D eigenvalue weighted by atomic mass is 9.99. The number of fused-ring (bicyclic) bond motifs is 1. The molecule has 1 heterocycles. The molecule has 2 aromatic carbocycles. The monoisotopic (exact) mass is 307 g/mol. The molecule has 0 saturated carbocycles. The van der Waals surface area contributed by atoms with E-state index in [1.165, 1.54) is 5.56 Å². The van der Waals surface area contributed by atoms with E-state index in [1.807, 2.05) is 48.5 Å². The standard InChI is InChI=1S/C19H21N3O/c1-13-8-10-14(11-9-13)23-19(2,3)12-17-15-6-4-5-7-16(15)21-18(20)22-17/h4-11H,12H2,1-3H3,(H2,20,21,22). The van der Waals surface area contributed by atoms with Gasteiger partial charge in [0.1, 0.15) is 11.4 Å². The van der Waals surface area contributed by atoms with Crippen LogP contribution in [0.3, 0.4) is 0 Å². The van der Waals surface area contributed by atoms with Crippen LogP contribution in [0.25, 0.3) is 10.9 Å². The highest BCUT2D eigenvalue weighted by Gasteiger charge is 2.23. The van der Waals surface area contributed by atoms with E-state index in [2.05, 4.69) is 30.7 Å². The van der Waals surface area contributed by atoms with Gasteiger partial charge in [-0.25, -0.2) is 9.97 Å². The Morgan fingerprint density at radius 3 is 2.43 bits per heavy atom. The number of ether oxygens (including phenoxy) is 1. The predicted molar refractivity (Wildman–Crippen MR) is 93.5 cm³/mol. The lowest BCUT2D eigenvalue weighted by Crippen LogP contribution is -2.31. The Balaban J connectivity index is 1.89. The summed E-state index contributed by atoms with van der Waals surface area (Å²) in [5, 5.41) is 1.02. The molecule has 1 aromatic heterocycles. The lowest BCUT2D eigenvalue weighted by molar-refractivity contribution is 0.109. The number of para-hydroxylation sites is 1. The van der Waals surface area contributed by atoms with Crippen molar-refractivity contribution in [2.75, 3.05) is 5.73 Å². The summed E-state index contributed by atoms with van der Waals surface area (Å²) in [7, 11) is 0. The SMILES string of the molecule is Cc1ccc(OC(C)(C)Cc2nc(N)nc3ccccc23)cc1. The van der Waals surface area contributed by atoms with Crippen LogP contribution >= 0.6 is 0 Å². The molecule has 0 fully saturated rings. The van der Waals surface area contributed by atoms with Gasteiger partial charge in [0, 0.05) is 11.8 Å². The second kappa shape index (κ2) is 5.88. The van der Waals surface area contributed by atoms with Gasteiger partial charge >= 0.3 is 0 Å². The van der Waals surface area contributed by atoms with Crippen molar-refractivity contribution in [2.45, 2.75) is 32.8 Å². The number of nitrogens with zero attached hydrogens (tertiary/aromatic N) is 2. The van der Waals surface area contributed by atoms with Crippen molar-refractivity contribution in [2.24, 2.45) is 0 Å². The first-order valence-corrected chi connectivity index (χ1v) is 7.70. The Morgan fingerprint density at radius 1 is 1.00 bits per heavy atom. The molecule has 0 saturated heterocycles. The van der Waals surface area contributed by atoms with E-state index in [1.54, 1.807) is 0 Å². The molecule has 3 aromatic rings. The number of hydrogen-bond acceptors (Lipinski definition) is 4. The summed E-state index contributed by atoms with van der Waals surface area (Å²) in [6, 6.07) is 16.0. The molecular weight excluding hydrogens is 286 g/mol. The summed E-state index contributed by atoms with van der Waals surface area (Å²) >= 11 is 0. The smallest absolute Gasteiger partial charge is 0.220 e. The van der Waals surface area contributed by atoms with Crippen LogP contribution in [0, 0.1) is 6.92 Å². The lowest BCUT2D eigenvalue weighted by Gasteiger charge is -2.27. The first kappa shape index (κ1) is 15.3. The molecule has 23 heavy (non-hydrogen) atoms. The molecule has 3 rings (SSSR count). The fourth-order valence-corrected chi connectivity index (χ4v) is 2.66. The number of rotatable bonds is 4. The molecule has 4 heteroatoms. The highest BCUT2D eigenvalue weighted by Crippen LogP contribution is 2.25. The number of hydrogen-bond donors (Lipinski definition) is 1. The second-order valence-corrected chi connectivity index (χ2v) is 6.40. The zero-order chi connectivity index (χ0) is 16.4. The van der Waals surface area contributed by atoms with Gasteiger partial charge in [-0.05, 0) is 39.0 Å². The zero-order valence-electron chi connectivity index (χ0n) is 13.7. The van der Waals surface area contributed by atoms with E-state index in [0.29, 0.717) is 12.4 Å². The van der Waals surface area contributed by atoms with Crippen molar-refractivity contribution in [1.29, 1.82) is 0 Å². The van der Waals surface area contributed by atoms with Crippen molar-refractivity contribution >= 4 is 16.9 Å². The van der Waals surface area contributed by atoms with Crippen molar-refractivity contribution in [3.05, 3.63) is 59.8 Å². The van der Waals surface area contributed by atoms with Crippen LogP contribution in [-0.2, 0) is 6.42 Å². The van der Waals surface area contributed by atoms with Gasteiger partial charge in [0.15, 0.2) is 0 Å². The number of nitrogens with two attached hydrogens (primary N) is 1. The van der Waals surface area contributed by atoms with Crippen LogP contribution in [0.1, 0.15) is 25.1 Å². The average Bonchev–Trinajstić information content (AvgIpc) is 2.49. The number of anilines is 1. The van der Waals surface area contributed by atoms with E-state index in [9.17, 15) is 0 Å². The minimum atomic E-state index is -0.404. The first-order chi connectivity index (χ1) is 10.9. The van der Waals surface area contributed by atoms with Gasteiger partial charge in [-0.1, -0.05) is 35.9 Å². The average molecular weight is 307 g/mol. The van der Waals surface area contributed by atoms with E-state index < -0.39 is 5.60 Å². The minimum absolute atomic E-state index is 0.296. The summed E-state index contributed by atoms with van der Waals surface area (Å²) in [5.41, 5.74) is 8.43. The topological polar surface area (TPSA) is 61.0 Å². The van der Waals surface area contributed by atoms with Crippen LogP contribution in [0.2, 0.25) is 0 Å². The molecule has 0 unspecified atom stereocenters. The summed E-state index contributed by atoms with van der Waals surface area (Å²) in [5.74, 6) is 1.15. The third-order valence-electron chi connectivity index (χ3n) is 3.71. The Labute approximate surface area is 136 Å². The summed E-state index contributed by atoms with van der Waals surface area (Å²) < 4.78 is 6.15. The van der Waals surface area contributed by atoms with Crippen LogP contribution in [-0.4, -0.2) is 15.6 Å². The molecule has 118 valence electrons. The first-order valence-electron chi connectivity index (χ1n) is 7.70. The number of aryl methyl sites for hydroxylation is 1. The van der Waals surface area contributed by atoms with Gasteiger partial charge in [-0.3, -0.25) is 0 Å². The van der Waals surface area contributed by atoms with E-state index >= 15 is 0 Å². The van der Waals surface area contributed by atoms with Gasteiger partial charge in [0.2, 0.25) is 5.95 Å².